The van der Waals surface area contributed by atoms with Crippen molar-refractivity contribution < 1.29 is 26.4 Å². The maximum Gasteiger partial charge on any atom is 0.416 e. The molecule has 3 rings (SSSR count). The summed E-state index contributed by atoms with van der Waals surface area (Å²) in [5, 5.41) is 0. The topological polar surface area (TPSA) is 81.8 Å². The SMILES string of the molecule is CC(C)CC1CC(C(=O)N2CCN(S(=O)(=O)c3cccc(C(F)(F)F)c3)CC2)NN1. The molecule has 1 aromatic rings. The summed E-state index contributed by atoms with van der Waals surface area (Å²) >= 11 is 0. The molecule has 0 saturated carbocycles. The fraction of sp³-hybridized carbons (Fsp3) is 0.632. The molecule has 2 saturated heterocycles. The predicted octanol–water partition coefficient (Wildman–Crippen LogP) is 1.82. The molecule has 7 nitrogen and oxygen atoms in total. The number of carbonyl (C=O) groups is 1. The Morgan fingerprint density at radius 3 is 2.43 bits per heavy atom. The predicted molar refractivity (Wildman–Crippen MR) is 105 cm³/mol. The van der Waals surface area contributed by atoms with Crippen molar-refractivity contribution in [2.45, 2.75) is 49.8 Å². The first-order chi connectivity index (χ1) is 14.0. The van der Waals surface area contributed by atoms with Crippen molar-refractivity contribution in [3.63, 3.8) is 0 Å². The van der Waals surface area contributed by atoms with Crippen LogP contribution in [-0.2, 0) is 21.0 Å². The molecule has 0 radical (unpaired) electrons. The minimum absolute atomic E-state index is 0.0416. The smallest absolute Gasteiger partial charge is 0.339 e. The summed E-state index contributed by atoms with van der Waals surface area (Å²) in [5.41, 5.74) is 5.15. The lowest BCUT2D eigenvalue weighted by Crippen LogP contribution is -2.54. The van der Waals surface area contributed by atoms with Gasteiger partial charge in [0.1, 0.15) is 6.04 Å². The Labute approximate surface area is 174 Å². The van der Waals surface area contributed by atoms with Gasteiger partial charge in [0.05, 0.1) is 10.5 Å². The molecule has 30 heavy (non-hydrogen) atoms. The van der Waals surface area contributed by atoms with Gasteiger partial charge in [-0.3, -0.25) is 10.2 Å². The number of rotatable bonds is 5. The Morgan fingerprint density at radius 2 is 1.83 bits per heavy atom. The molecular formula is C19H27F3N4O3S. The summed E-state index contributed by atoms with van der Waals surface area (Å²) in [6.07, 6.45) is -3.01. The molecule has 2 aliphatic rings. The number of nitrogens with zero attached hydrogens (tertiary/aromatic N) is 2. The fourth-order valence-corrected chi connectivity index (χ4v) is 5.33. The monoisotopic (exact) mass is 448 g/mol. The largest absolute Gasteiger partial charge is 0.416 e. The molecule has 11 heteroatoms. The average molecular weight is 449 g/mol. The Hall–Kier alpha value is -1.69. The van der Waals surface area contributed by atoms with Crippen molar-refractivity contribution in [3.05, 3.63) is 29.8 Å². The van der Waals surface area contributed by atoms with Gasteiger partial charge in [0, 0.05) is 32.2 Å². The molecule has 0 spiro atoms. The van der Waals surface area contributed by atoms with E-state index in [0.717, 1.165) is 28.9 Å². The van der Waals surface area contributed by atoms with Crippen LogP contribution in [0.25, 0.3) is 0 Å². The maximum atomic E-state index is 12.9. The maximum absolute atomic E-state index is 12.9. The number of amides is 1. The van der Waals surface area contributed by atoms with Gasteiger partial charge in [0.15, 0.2) is 0 Å². The molecule has 1 aromatic carbocycles. The minimum atomic E-state index is -4.62. The van der Waals surface area contributed by atoms with E-state index in [9.17, 15) is 26.4 Å². The molecule has 2 N–H and O–H groups in total. The fourth-order valence-electron chi connectivity index (χ4n) is 3.86. The molecule has 168 valence electrons. The van der Waals surface area contributed by atoms with Crippen LogP contribution in [0.2, 0.25) is 0 Å². The lowest BCUT2D eigenvalue weighted by molar-refractivity contribution is -0.138. The van der Waals surface area contributed by atoms with Crippen molar-refractivity contribution in [1.82, 2.24) is 20.1 Å². The lowest BCUT2D eigenvalue weighted by atomic mass is 9.99. The molecule has 2 atom stereocenters. The van der Waals surface area contributed by atoms with E-state index in [1.54, 1.807) is 4.90 Å². The van der Waals surface area contributed by atoms with Gasteiger partial charge in [-0.05, 0) is 37.0 Å². The minimum Gasteiger partial charge on any atom is -0.339 e. The van der Waals surface area contributed by atoms with Crippen molar-refractivity contribution >= 4 is 15.9 Å². The molecular weight excluding hydrogens is 421 g/mol. The van der Waals surface area contributed by atoms with Gasteiger partial charge in [-0.1, -0.05) is 19.9 Å². The van der Waals surface area contributed by atoms with Crippen LogP contribution in [-0.4, -0.2) is 61.8 Å². The molecule has 2 aliphatic heterocycles. The highest BCUT2D eigenvalue weighted by Gasteiger charge is 2.37. The van der Waals surface area contributed by atoms with Gasteiger partial charge < -0.3 is 4.90 Å². The van der Waals surface area contributed by atoms with Crippen LogP contribution < -0.4 is 10.9 Å². The Balaban J connectivity index is 1.61. The molecule has 2 heterocycles. The van der Waals surface area contributed by atoms with Crippen LogP contribution >= 0.6 is 0 Å². The van der Waals surface area contributed by atoms with Crippen LogP contribution in [0.1, 0.15) is 32.3 Å². The summed E-state index contributed by atoms with van der Waals surface area (Å²) in [4.78, 5) is 14.0. The van der Waals surface area contributed by atoms with Crippen LogP contribution in [0.4, 0.5) is 13.2 Å². The normalized spacial score (nSPS) is 23.9. The van der Waals surface area contributed by atoms with E-state index in [-0.39, 0.29) is 44.2 Å². The third-order valence-electron chi connectivity index (χ3n) is 5.39. The average Bonchev–Trinajstić information content (AvgIpc) is 3.14. The number of halogens is 3. The van der Waals surface area contributed by atoms with Crippen LogP contribution in [0, 0.1) is 5.92 Å². The Morgan fingerprint density at radius 1 is 1.17 bits per heavy atom. The highest BCUT2D eigenvalue weighted by molar-refractivity contribution is 7.89. The first-order valence-corrected chi connectivity index (χ1v) is 11.4. The molecule has 2 unspecified atom stereocenters. The molecule has 0 bridgehead atoms. The number of alkyl halides is 3. The number of nitrogens with one attached hydrogen (secondary N) is 2. The number of benzene rings is 1. The summed E-state index contributed by atoms with van der Waals surface area (Å²) in [5.74, 6) is 0.410. The van der Waals surface area contributed by atoms with Crippen LogP contribution in [0.5, 0.6) is 0 Å². The zero-order chi connectivity index (χ0) is 22.1. The highest BCUT2D eigenvalue weighted by atomic mass is 32.2. The zero-order valence-electron chi connectivity index (χ0n) is 16.9. The summed E-state index contributed by atoms with van der Waals surface area (Å²) < 4.78 is 65.4. The third-order valence-corrected chi connectivity index (χ3v) is 7.28. The van der Waals surface area contributed by atoms with Crippen molar-refractivity contribution in [1.29, 1.82) is 0 Å². The second kappa shape index (κ2) is 8.81. The quantitative estimate of drug-likeness (QED) is 0.718. The number of carbonyl (C=O) groups excluding carboxylic acids is 1. The number of hydrogen-bond donors (Lipinski definition) is 2. The lowest BCUT2D eigenvalue weighted by Gasteiger charge is -2.35. The second-order valence-corrected chi connectivity index (χ2v) is 10.1. The molecule has 0 aliphatic carbocycles. The van der Waals surface area contributed by atoms with Crippen LogP contribution in [0.3, 0.4) is 0 Å². The Bertz CT molecular complexity index is 868. The molecule has 2 fully saturated rings. The van der Waals surface area contributed by atoms with Gasteiger partial charge in [-0.25, -0.2) is 13.8 Å². The van der Waals surface area contributed by atoms with Gasteiger partial charge in [0.25, 0.3) is 0 Å². The Kier molecular flexibility index (Phi) is 6.75. The zero-order valence-corrected chi connectivity index (χ0v) is 17.8. The van der Waals surface area contributed by atoms with Crippen molar-refractivity contribution in [2.75, 3.05) is 26.2 Å². The van der Waals surface area contributed by atoms with Crippen molar-refractivity contribution in [2.24, 2.45) is 5.92 Å². The van der Waals surface area contributed by atoms with E-state index in [0.29, 0.717) is 18.4 Å². The second-order valence-electron chi connectivity index (χ2n) is 8.16. The standard InChI is InChI=1S/C19H27F3N4O3S/c1-13(2)10-15-12-17(24-23-15)18(27)25-6-8-26(9-7-25)30(28,29)16-5-3-4-14(11-16)19(20,21)22/h3-5,11,13,15,17,23-24H,6-10,12H2,1-2H3. The van der Waals surface area contributed by atoms with Gasteiger partial charge in [0.2, 0.25) is 15.9 Å². The van der Waals surface area contributed by atoms with Gasteiger partial charge in [-0.15, -0.1) is 0 Å². The summed E-state index contributed by atoms with van der Waals surface area (Å²) in [7, 11) is -4.07. The van der Waals surface area contributed by atoms with Crippen LogP contribution in [0.15, 0.2) is 29.2 Å². The summed E-state index contributed by atoms with van der Waals surface area (Å²) in [6, 6.07) is 3.58. The first kappa shape index (κ1) is 23.0. The number of piperazine rings is 1. The highest BCUT2D eigenvalue weighted by Crippen LogP contribution is 2.31. The number of sulfonamides is 1. The third kappa shape index (κ3) is 5.13. The van der Waals surface area contributed by atoms with E-state index >= 15 is 0 Å². The van der Waals surface area contributed by atoms with Gasteiger partial charge >= 0.3 is 6.18 Å². The first-order valence-electron chi connectivity index (χ1n) is 9.95. The van der Waals surface area contributed by atoms with E-state index in [4.69, 9.17) is 0 Å². The summed E-state index contributed by atoms with van der Waals surface area (Å²) in [6.45, 7) is 4.70. The van der Waals surface area contributed by atoms with Crippen molar-refractivity contribution in [3.8, 4) is 0 Å². The van der Waals surface area contributed by atoms with E-state index in [2.05, 4.69) is 24.7 Å². The van der Waals surface area contributed by atoms with E-state index < -0.39 is 26.7 Å². The van der Waals surface area contributed by atoms with E-state index in [1.165, 1.54) is 0 Å². The number of hydrazine groups is 1. The van der Waals surface area contributed by atoms with E-state index in [1.807, 2.05) is 0 Å². The molecule has 0 aromatic heterocycles. The van der Waals surface area contributed by atoms with Gasteiger partial charge in [-0.2, -0.15) is 17.5 Å². The molecule has 1 amide bonds. The number of hydrogen-bond acceptors (Lipinski definition) is 5.